The highest BCUT2D eigenvalue weighted by Crippen LogP contribution is 2.36. The van der Waals surface area contributed by atoms with E-state index in [-0.39, 0.29) is 0 Å². The Hall–Kier alpha value is -3.95. The number of nitrogens with one attached hydrogen (secondary N) is 1. The molecular formula is C28H31N7OSi. The highest BCUT2D eigenvalue weighted by Gasteiger charge is 2.22. The van der Waals surface area contributed by atoms with Crippen LogP contribution in [0.2, 0.25) is 25.7 Å². The molecule has 0 bridgehead atoms. The third-order valence-corrected chi connectivity index (χ3v) is 7.86. The van der Waals surface area contributed by atoms with Gasteiger partial charge in [-0.1, -0.05) is 74.2 Å². The molecule has 1 N–H and O–H groups in total. The Morgan fingerprint density at radius 2 is 1.62 bits per heavy atom. The van der Waals surface area contributed by atoms with Crippen molar-refractivity contribution in [1.29, 1.82) is 0 Å². The number of nitrogens with zero attached hydrogens (tertiary/aromatic N) is 6. The number of imidazole rings is 1. The SMILES string of the molecule is C[Si](C)(C)CCOCn1c(-c2ccccc2)nc(-c2ccncc2)c1-c1ccc(Cc2nnn[nH]2)cc1. The Bertz CT molecular complexity index is 1410. The first-order chi connectivity index (χ1) is 18.0. The van der Waals surface area contributed by atoms with E-state index in [0.717, 1.165) is 57.9 Å². The van der Waals surface area contributed by atoms with Crippen molar-refractivity contribution in [2.24, 2.45) is 0 Å². The second-order valence-corrected chi connectivity index (χ2v) is 15.9. The van der Waals surface area contributed by atoms with Gasteiger partial charge in [0, 0.05) is 50.2 Å². The maximum Gasteiger partial charge on any atom is 0.152 e. The number of benzene rings is 2. The number of rotatable bonds is 10. The average molecular weight is 510 g/mol. The minimum Gasteiger partial charge on any atom is -0.361 e. The number of pyridine rings is 1. The van der Waals surface area contributed by atoms with Gasteiger partial charge in [-0.25, -0.2) is 10.1 Å². The molecule has 0 aliphatic rings. The Morgan fingerprint density at radius 1 is 0.865 bits per heavy atom. The molecule has 0 radical (unpaired) electrons. The number of H-pyrrole nitrogens is 1. The molecule has 0 fully saturated rings. The van der Waals surface area contributed by atoms with Crippen molar-refractivity contribution in [2.45, 2.75) is 38.8 Å². The fraction of sp³-hybridized carbons (Fsp3) is 0.250. The van der Waals surface area contributed by atoms with E-state index in [1.54, 1.807) is 12.4 Å². The van der Waals surface area contributed by atoms with E-state index in [1.807, 2.05) is 30.3 Å². The summed E-state index contributed by atoms with van der Waals surface area (Å²) in [6, 6.07) is 23.9. The van der Waals surface area contributed by atoms with Gasteiger partial charge in [-0.15, -0.1) is 5.10 Å². The van der Waals surface area contributed by atoms with Gasteiger partial charge in [0.1, 0.15) is 12.6 Å². The van der Waals surface area contributed by atoms with Crippen LogP contribution in [0, 0.1) is 0 Å². The molecule has 188 valence electrons. The van der Waals surface area contributed by atoms with Crippen LogP contribution in [0.4, 0.5) is 0 Å². The normalized spacial score (nSPS) is 11.6. The maximum atomic E-state index is 6.28. The van der Waals surface area contributed by atoms with Crippen LogP contribution in [0.5, 0.6) is 0 Å². The van der Waals surface area contributed by atoms with E-state index in [9.17, 15) is 0 Å². The largest absolute Gasteiger partial charge is 0.361 e. The lowest BCUT2D eigenvalue weighted by molar-refractivity contribution is 0.0893. The quantitative estimate of drug-likeness (QED) is 0.192. The van der Waals surface area contributed by atoms with E-state index in [1.165, 1.54) is 0 Å². The van der Waals surface area contributed by atoms with Crippen LogP contribution in [0.3, 0.4) is 0 Å². The lowest BCUT2D eigenvalue weighted by Crippen LogP contribution is -2.22. The molecule has 5 aromatic rings. The van der Waals surface area contributed by atoms with Gasteiger partial charge in [-0.05, 0) is 34.2 Å². The number of hydrogen-bond donors (Lipinski definition) is 1. The van der Waals surface area contributed by atoms with E-state index in [0.29, 0.717) is 13.2 Å². The summed E-state index contributed by atoms with van der Waals surface area (Å²) in [4.78, 5) is 9.39. The summed E-state index contributed by atoms with van der Waals surface area (Å²) < 4.78 is 8.48. The van der Waals surface area contributed by atoms with Crippen LogP contribution >= 0.6 is 0 Å². The van der Waals surface area contributed by atoms with Crippen molar-refractivity contribution in [3.05, 3.63) is 90.5 Å². The van der Waals surface area contributed by atoms with Crippen molar-refractivity contribution < 1.29 is 4.74 Å². The fourth-order valence-electron chi connectivity index (χ4n) is 4.15. The Morgan fingerprint density at radius 3 is 2.30 bits per heavy atom. The zero-order valence-corrected chi connectivity index (χ0v) is 22.4. The molecule has 3 aromatic heterocycles. The zero-order chi connectivity index (χ0) is 25.7. The molecule has 0 aliphatic carbocycles. The summed E-state index contributed by atoms with van der Waals surface area (Å²) >= 11 is 0. The van der Waals surface area contributed by atoms with Crippen LogP contribution in [0.25, 0.3) is 33.9 Å². The van der Waals surface area contributed by atoms with Crippen LogP contribution in [0.1, 0.15) is 11.4 Å². The van der Waals surface area contributed by atoms with Gasteiger partial charge in [0.2, 0.25) is 0 Å². The van der Waals surface area contributed by atoms with E-state index < -0.39 is 8.07 Å². The van der Waals surface area contributed by atoms with Crippen LogP contribution in [0.15, 0.2) is 79.1 Å². The summed E-state index contributed by atoms with van der Waals surface area (Å²) in [7, 11) is -1.20. The predicted molar refractivity (Wildman–Crippen MR) is 147 cm³/mol. The van der Waals surface area contributed by atoms with Gasteiger partial charge >= 0.3 is 0 Å². The number of tetrazole rings is 1. The fourth-order valence-corrected chi connectivity index (χ4v) is 4.91. The first kappa shape index (κ1) is 24.7. The summed E-state index contributed by atoms with van der Waals surface area (Å²) in [5.41, 5.74) is 6.17. The highest BCUT2D eigenvalue weighted by atomic mass is 28.3. The molecule has 0 unspecified atom stereocenters. The van der Waals surface area contributed by atoms with Crippen molar-refractivity contribution in [1.82, 2.24) is 35.2 Å². The molecule has 5 rings (SSSR count). The van der Waals surface area contributed by atoms with Crippen molar-refractivity contribution in [3.8, 4) is 33.9 Å². The summed E-state index contributed by atoms with van der Waals surface area (Å²) in [5, 5.41) is 14.2. The number of aromatic amines is 1. The molecule has 0 spiro atoms. The van der Waals surface area contributed by atoms with Crippen molar-refractivity contribution >= 4 is 8.07 Å². The number of aromatic nitrogens is 7. The van der Waals surface area contributed by atoms with Crippen molar-refractivity contribution in [3.63, 3.8) is 0 Å². The molecule has 37 heavy (non-hydrogen) atoms. The molecule has 0 atom stereocenters. The minimum atomic E-state index is -1.20. The molecule has 9 heteroatoms. The molecule has 3 heterocycles. The van der Waals surface area contributed by atoms with E-state index >= 15 is 0 Å². The van der Waals surface area contributed by atoms with Crippen molar-refractivity contribution in [2.75, 3.05) is 6.61 Å². The smallest absolute Gasteiger partial charge is 0.152 e. The summed E-state index contributed by atoms with van der Waals surface area (Å²) in [5.74, 6) is 1.62. The van der Waals surface area contributed by atoms with Crippen LogP contribution in [-0.4, -0.2) is 49.8 Å². The summed E-state index contributed by atoms with van der Waals surface area (Å²) in [6.07, 6.45) is 4.25. The van der Waals surface area contributed by atoms with Gasteiger partial charge in [0.05, 0.1) is 11.4 Å². The van der Waals surface area contributed by atoms with Crippen LogP contribution < -0.4 is 0 Å². The van der Waals surface area contributed by atoms with Gasteiger partial charge in [0.25, 0.3) is 0 Å². The Labute approximate surface area is 217 Å². The number of ether oxygens (including phenoxy) is 1. The van der Waals surface area contributed by atoms with Gasteiger partial charge in [-0.3, -0.25) is 9.55 Å². The standard InChI is InChI=1S/C28H31N7OSi/c1-37(2,3)18-17-36-20-35-27(23-11-9-21(10-12-23)19-25-31-33-34-32-25)26(22-13-15-29-16-14-22)30-28(35)24-7-5-4-6-8-24/h4-16H,17-20H2,1-3H3,(H,31,32,33,34). The number of hydrogen-bond acceptors (Lipinski definition) is 6. The second kappa shape index (κ2) is 11.0. The monoisotopic (exact) mass is 509 g/mol. The second-order valence-electron chi connectivity index (χ2n) is 10.2. The average Bonchev–Trinajstić information content (AvgIpc) is 3.56. The highest BCUT2D eigenvalue weighted by molar-refractivity contribution is 6.76. The van der Waals surface area contributed by atoms with Gasteiger partial charge < -0.3 is 4.74 Å². The van der Waals surface area contributed by atoms with Gasteiger partial charge in [-0.2, -0.15) is 0 Å². The lowest BCUT2D eigenvalue weighted by Gasteiger charge is -2.18. The molecule has 0 saturated heterocycles. The maximum absolute atomic E-state index is 6.28. The van der Waals surface area contributed by atoms with E-state index in [2.05, 4.69) is 86.2 Å². The Kier molecular flexibility index (Phi) is 7.34. The third-order valence-electron chi connectivity index (χ3n) is 6.16. The molecule has 2 aromatic carbocycles. The molecule has 0 aliphatic heterocycles. The topological polar surface area (TPSA) is 94.4 Å². The third kappa shape index (κ3) is 6.07. The first-order valence-electron chi connectivity index (χ1n) is 12.4. The lowest BCUT2D eigenvalue weighted by atomic mass is 10.0. The first-order valence-corrected chi connectivity index (χ1v) is 16.1. The van der Waals surface area contributed by atoms with Gasteiger partial charge in [0.15, 0.2) is 5.82 Å². The summed E-state index contributed by atoms with van der Waals surface area (Å²) in [6.45, 7) is 8.26. The molecule has 0 amide bonds. The Balaban J connectivity index is 1.58. The molecular weight excluding hydrogens is 478 g/mol. The molecule has 0 saturated carbocycles. The predicted octanol–water partition coefficient (Wildman–Crippen LogP) is 5.70. The van der Waals surface area contributed by atoms with Crippen LogP contribution in [-0.2, 0) is 17.9 Å². The van der Waals surface area contributed by atoms with E-state index in [4.69, 9.17) is 9.72 Å². The minimum absolute atomic E-state index is 0.424. The molecule has 8 nitrogen and oxygen atoms in total. The zero-order valence-electron chi connectivity index (χ0n) is 21.4.